The Morgan fingerprint density at radius 1 is 1.33 bits per heavy atom. The number of rotatable bonds is 10. The van der Waals surface area contributed by atoms with Crippen LogP contribution in [0.5, 0.6) is 0 Å². The number of fused-ring (bicyclic) bond motifs is 1. The minimum Gasteiger partial charge on any atom is -0.490 e. The fourth-order valence-electron chi connectivity index (χ4n) is 2.97. The van der Waals surface area contributed by atoms with E-state index < -0.39 is 0 Å². The zero-order chi connectivity index (χ0) is 21.9. The van der Waals surface area contributed by atoms with Crippen LogP contribution in [0.15, 0.2) is 101 Å². The minimum absolute atomic E-state index is 0.311. The topological polar surface area (TPSA) is 62.7 Å². The van der Waals surface area contributed by atoms with Gasteiger partial charge >= 0.3 is 0 Å². The Morgan fingerprint density at radius 2 is 2.13 bits per heavy atom. The molecule has 2 aliphatic rings. The van der Waals surface area contributed by atoms with E-state index in [1.165, 1.54) is 11.0 Å². The van der Waals surface area contributed by atoms with Gasteiger partial charge in [-0.05, 0) is 61.5 Å². The van der Waals surface area contributed by atoms with Gasteiger partial charge < -0.3 is 15.4 Å². The number of aliphatic imine (C=N–C) groups is 1. The van der Waals surface area contributed by atoms with Crippen molar-refractivity contribution < 1.29 is 9.53 Å². The lowest BCUT2D eigenvalue weighted by Gasteiger charge is -2.12. The van der Waals surface area contributed by atoms with Gasteiger partial charge in [-0.3, -0.25) is 4.79 Å². The van der Waals surface area contributed by atoms with Crippen LogP contribution >= 0.6 is 11.8 Å². The lowest BCUT2D eigenvalue weighted by atomic mass is 10.0. The zero-order valence-electron chi connectivity index (χ0n) is 17.6. The van der Waals surface area contributed by atoms with E-state index in [2.05, 4.69) is 60.5 Å². The van der Waals surface area contributed by atoms with Crippen molar-refractivity contribution in [2.75, 3.05) is 6.61 Å². The molecule has 0 aromatic heterocycles. The molecule has 2 rings (SSSR count). The number of carbonyl (C=O) groups is 1. The summed E-state index contributed by atoms with van der Waals surface area (Å²) in [6, 6.07) is 0. The highest BCUT2D eigenvalue weighted by Gasteiger charge is 2.25. The highest BCUT2D eigenvalue weighted by Crippen LogP contribution is 2.40. The van der Waals surface area contributed by atoms with E-state index in [9.17, 15) is 4.79 Å². The Labute approximate surface area is 183 Å². The predicted molar refractivity (Wildman–Crippen MR) is 128 cm³/mol. The maximum atomic E-state index is 11.6. The van der Waals surface area contributed by atoms with E-state index in [1.54, 1.807) is 18.4 Å². The second-order valence-electron chi connectivity index (χ2n) is 6.70. The molecule has 6 heteroatoms. The third kappa shape index (κ3) is 7.12. The van der Waals surface area contributed by atoms with E-state index in [1.807, 2.05) is 30.8 Å². The summed E-state index contributed by atoms with van der Waals surface area (Å²) in [7, 11) is 0. The van der Waals surface area contributed by atoms with Crippen LogP contribution < -0.4 is 10.6 Å². The first-order chi connectivity index (χ1) is 14.5. The van der Waals surface area contributed by atoms with Crippen molar-refractivity contribution in [3.63, 3.8) is 0 Å². The molecule has 1 heterocycles. The number of thioether (sulfide) groups is 1. The third-order valence-electron chi connectivity index (χ3n) is 4.45. The smallest absolute Gasteiger partial charge is 0.247 e. The summed E-state index contributed by atoms with van der Waals surface area (Å²) in [5.74, 6) is 1.66. The maximum absolute atomic E-state index is 11.6. The lowest BCUT2D eigenvalue weighted by Crippen LogP contribution is -2.24. The zero-order valence-corrected chi connectivity index (χ0v) is 18.4. The van der Waals surface area contributed by atoms with Crippen molar-refractivity contribution in [3.05, 3.63) is 96.2 Å². The number of nitrogens with one attached hydrogen (secondary N) is 2. The van der Waals surface area contributed by atoms with Gasteiger partial charge in [-0.2, -0.15) is 0 Å². The first-order valence-corrected chi connectivity index (χ1v) is 10.6. The summed E-state index contributed by atoms with van der Waals surface area (Å²) < 4.78 is 5.92. The molecule has 0 aromatic carbocycles. The Bertz CT molecular complexity index is 875. The fraction of sp³-hybridized carbons (Fsp3) is 0.250. The summed E-state index contributed by atoms with van der Waals surface area (Å²) in [5, 5.41) is 6.36. The number of amides is 1. The molecule has 0 spiro atoms. The van der Waals surface area contributed by atoms with Gasteiger partial charge in [0.1, 0.15) is 18.2 Å². The number of hydrogen-bond donors (Lipinski definition) is 2. The van der Waals surface area contributed by atoms with Gasteiger partial charge in [0.2, 0.25) is 5.91 Å². The molecule has 2 N–H and O–H groups in total. The molecule has 0 fully saturated rings. The molecule has 2 atom stereocenters. The van der Waals surface area contributed by atoms with Crippen LogP contribution in [0.4, 0.5) is 0 Å². The Balaban J connectivity index is 2.04. The monoisotopic (exact) mass is 423 g/mol. The summed E-state index contributed by atoms with van der Waals surface area (Å²) in [4.78, 5) is 17.3. The average Bonchev–Trinajstić information content (AvgIpc) is 3.00. The van der Waals surface area contributed by atoms with Crippen molar-refractivity contribution >= 4 is 23.9 Å². The molecule has 0 radical (unpaired) electrons. The summed E-state index contributed by atoms with van der Waals surface area (Å²) >= 11 is 1.91. The fourth-order valence-corrected chi connectivity index (χ4v) is 4.17. The molecular weight excluding hydrogens is 394 g/mol. The molecule has 0 bridgehead atoms. The summed E-state index contributed by atoms with van der Waals surface area (Å²) in [6.45, 7) is 15.2. The number of carbonyl (C=O) groups excluding carboxylic acids is 1. The molecule has 5 nitrogen and oxygen atoms in total. The first-order valence-electron chi connectivity index (χ1n) is 9.72. The van der Waals surface area contributed by atoms with Crippen molar-refractivity contribution in [1.82, 2.24) is 10.6 Å². The van der Waals surface area contributed by atoms with Gasteiger partial charge in [0, 0.05) is 17.2 Å². The Kier molecular flexibility index (Phi) is 9.22. The molecule has 1 amide bonds. The SMILES string of the molecule is C=C/C=N\C(=C/COC1=CCC2C=C(C)SC2C=C1)N/C(C)=C(/C=C)NC(=O)C=C. The Hall–Kier alpha value is -2.99. The van der Waals surface area contributed by atoms with Crippen molar-refractivity contribution in [2.45, 2.75) is 25.5 Å². The van der Waals surface area contributed by atoms with Gasteiger partial charge in [-0.1, -0.05) is 38.0 Å². The van der Waals surface area contributed by atoms with Gasteiger partial charge in [0.25, 0.3) is 0 Å². The number of allylic oxidation sites excluding steroid dienone is 7. The third-order valence-corrected chi connectivity index (χ3v) is 5.73. The maximum Gasteiger partial charge on any atom is 0.247 e. The number of nitrogens with zero attached hydrogens (tertiary/aromatic N) is 1. The quantitative estimate of drug-likeness (QED) is 0.298. The van der Waals surface area contributed by atoms with Gasteiger partial charge in [0.05, 0.1) is 5.70 Å². The van der Waals surface area contributed by atoms with Crippen LogP contribution in [0.2, 0.25) is 0 Å². The van der Waals surface area contributed by atoms with Crippen LogP contribution in [0.25, 0.3) is 0 Å². The minimum atomic E-state index is -0.311. The highest BCUT2D eigenvalue weighted by molar-refractivity contribution is 8.04. The number of ether oxygens (including phenoxy) is 1. The van der Waals surface area contributed by atoms with Gasteiger partial charge in [-0.25, -0.2) is 4.99 Å². The van der Waals surface area contributed by atoms with E-state index in [0.29, 0.717) is 35.0 Å². The Morgan fingerprint density at radius 3 is 2.83 bits per heavy atom. The predicted octanol–water partition coefficient (Wildman–Crippen LogP) is 4.89. The van der Waals surface area contributed by atoms with Gasteiger partial charge in [0.15, 0.2) is 0 Å². The molecule has 0 aromatic rings. The molecule has 1 aliphatic heterocycles. The standard InChI is InChI=1S/C24H29N3O2S/c1-6-14-25-23(26-18(5)21(7-2)27-24(28)8-3)13-15-29-20-10-9-19-16-17(4)30-22(19)12-11-20/h6-8,10-14,16,19,22,26H,1-3,9,15H2,4-5H3,(H,27,28)/b21-18-,23-13+,25-14-. The molecule has 2 unspecified atom stereocenters. The first kappa shape index (κ1) is 23.3. The second kappa shape index (κ2) is 11.9. The largest absolute Gasteiger partial charge is 0.490 e. The van der Waals surface area contributed by atoms with Crippen LogP contribution in [-0.4, -0.2) is 24.0 Å². The van der Waals surface area contributed by atoms with Crippen LogP contribution in [0.3, 0.4) is 0 Å². The van der Waals surface area contributed by atoms with E-state index in [-0.39, 0.29) is 5.91 Å². The molecule has 30 heavy (non-hydrogen) atoms. The molecular formula is C24H29N3O2S. The van der Waals surface area contributed by atoms with Crippen molar-refractivity contribution in [2.24, 2.45) is 10.9 Å². The van der Waals surface area contributed by atoms with Crippen LogP contribution in [0.1, 0.15) is 20.3 Å². The van der Waals surface area contributed by atoms with E-state index in [0.717, 1.165) is 12.2 Å². The van der Waals surface area contributed by atoms with Crippen LogP contribution in [-0.2, 0) is 9.53 Å². The van der Waals surface area contributed by atoms with Crippen molar-refractivity contribution in [3.8, 4) is 0 Å². The van der Waals surface area contributed by atoms with Gasteiger partial charge in [-0.15, -0.1) is 11.8 Å². The molecule has 1 aliphatic carbocycles. The molecule has 158 valence electrons. The average molecular weight is 424 g/mol. The molecule has 0 saturated heterocycles. The van der Waals surface area contributed by atoms with Crippen molar-refractivity contribution in [1.29, 1.82) is 0 Å². The second-order valence-corrected chi connectivity index (χ2v) is 8.12. The van der Waals surface area contributed by atoms with Crippen LogP contribution in [0, 0.1) is 5.92 Å². The normalized spacial score (nSPS) is 21.6. The highest BCUT2D eigenvalue weighted by atomic mass is 32.2. The number of hydrogen-bond acceptors (Lipinski definition) is 5. The van der Waals surface area contributed by atoms with E-state index >= 15 is 0 Å². The lowest BCUT2D eigenvalue weighted by molar-refractivity contribution is -0.115. The summed E-state index contributed by atoms with van der Waals surface area (Å²) in [6.07, 6.45) is 17.5. The molecule has 0 saturated carbocycles. The summed E-state index contributed by atoms with van der Waals surface area (Å²) in [5.41, 5.74) is 1.23. The van der Waals surface area contributed by atoms with E-state index in [4.69, 9.17) is 4.74 Å².